The zero-order valence-electron chi connectivity index (χ0n) is 14.0. The van der Waals surface area contributed by atoms with E-state index < -0.39 is 6.04 Å². The molecule has 2 aromatic rings. The van der Waals surface area contributed by atoms with Crippen LogP contribution in [0.25, 0.3) is 0 Å². The van der Waals surface area contributed by atoms with Crippen LogP contribution in [0.4, 0.5) is 0 Å². The van der Waals surface area contributed by atoms with Crippen molar-refractivity contribution in [2.75, 3.05) is 13.1 Å². The van der Waals surface area contributed by atoms with Gasteiger partial charge in [-0.1, -0.05) is 36.4 Å². The first kappa shape index (κ1) is 17.1. The zero-order valence-corrected chi connectivity index (χ0v) is 14.0. The summed E-state index contributed by atoms with van der Waals surface area (Å²) in [5, 5.41) is 3.08. The molecular formula is C19H22N4O2. The standard InChI is InChI=1S/C19H22N4O2/c20-13-18(24)23-11-9-17(23)19(25)22-16(14-6-2-1-3-7-14)12-15-8-4-5-10-21-15/h1-8,10,16-17H,9,11-13,20H2,(H,22,25)/t16?,17-/m0/s1. The van der Waals surface area contributed by atoms with Gasteiger partial charge in [0.05, 0.1) is 12.6 Å². The third-order valence-electron chi connectivity index (χ3n) is 4.48. The molecular weight excluding hydrogens is 316 g/mol. The molecule has 3 rings (SSSR count). The second-order valence-corrected chi connectivity index (χ2v) is 6.09. The normalized spacial score (nSPS) is 17.5. The van der Waals surface area contributed by atoms with E-state index in [0.29, 0.717) is 19.4 Å². The Hall–Kier alpha value is -2.73. The number of hydrogen-bond donors (Lipinski definition) is 2. The maximum Gasteiger partial charge on any atom is 0.243 e. The van der Waals surface area contributed by atoms with E-state index in [1.807, 2.05) is 48.5 Å². The van der Waals surface area contributed by atoms with Gasteiger partial charge >= 0.3 is 0 Å². The van der Waals surface area contributed by atoms with Crippen LogP contribution >= 0.6 is 0 Å². The first-order valence-corrected chi connectivity index (χ1v) is 8.44. The summed E-state index contributed by atoms with van der Waals surface area (Å²) in [5.74, 6) is -0.328. The van der Waals surface area contributed by atoms with Crippen LogP contribution in [0.5, 0.6) is 0 Å². The van der Waals surface area contributed by atoms with Crippen molar-refractivity contribution in [2.45, 2.75) is 24.9 Å². The SMILES string of the molecule is NCC(=O)N1CC[C@H]1C(=O)NC(Cc1ccccn1)c1ccccc1. The molecule has 0 aliphatic carbocycles. The van der Waals surface area contributed by atoms with E-state index in [0.717, 1.165) is 11.3 Å². The molecule has 2 atom stereocenters. The number of benzene rings is 1. The van der Waals surface area contributed by atoms with Crippen LogP contribution in [0, 0.1) is 0 Å². The molecule has 0 spiro atoms. The van der Waals surface area contributed by atoms with Crippen molar-refractivity contribution in [1.29, 1.82) is 0 Å². The Bertz CT molecular complexity index is 721. The lowest BCUT2D eigenvalue weighted by molar-refractivity contribution is -0.146. The van der Waals surface area contributed by atoms with Crippen molar-refractivity contribution in [3.8, 4) is 0 Å². The van der Waals surface area contributed by atoms with E-state index >= 15 is 0 Å². The Kier molecular flexibility index (Phi) is 5.40. The molecule has 0 saturated carbocycles. The van der Waals surface area contributed by atoms with Crippen molar-refractivity contribution < 1.29 is 9.59 Å². The fourth-order valence-corrected chi connectivity index (χ4v) is 3.01. The van der Waals surface area contributed by atoms with E-state index in [4.69, 9.17) is 5.73 Å². The molecule has 0 bridgehead atoms. The minimum absolute atomic E-state index is 0.0696. The highest BCUT2D eigenvalue weighted by Gasteiger charge is 2.37. The highest BCUT2D eigenvalue weighted by Crippen LogP contribution is 2.21. The van der Waals surface area contributed by atoms with Gasteiger partial charge in [-0.15, -0.1) is 0 Å². The summed E-state index contributed by atoms with van der Waals surface area (Å²) in [6, 6.07) is 14.9. The van der Waals surface area contributed by atoms with Crippen molar-refractivity contribution in [2.24, 2.45) is 5.73 Å². The molecule has 1 aromatic carbocycles. The maximum atomic E-state index is 12.7. The first-order valence-electron chi connectivity index (χ1n) is 8.44. The maximum absolute atomic E-state index is 12.7. The Morgan fingerprint density at radius 2 is 1.96 bits per heavy atom. The highest BCUT2D eigenvalue weighted by molar-refractivity contribution is 5.90. The quantitative estimate of drug-likeness (QED) is 0.824. The van der Waals surface area contributed by atoms with Crippen molar-refractivity contribution in [1.82, 2.24) is 15.2 Å². The fraction of sp³-hybridized carbons (Fsp3) is 0.316. The minimum atomic E-state index is -0.425. The number of nitrogens with one attached hydrogen (secondary N) is 1. The Morgan fingerprint density at radius 3 is 2.56 bits per heavy atom. The molecule has 6 heteroatoms. The van der Waals surface area contributed by atoms with Gasteiger partial charge in [0.15, 0.2) is 0 Å². The summed E-state index contributed by atoms with van der Waals surface area (Å²) in [4.78, 5) is 30.3. The highest BCUT2D eigenvalue weighted by atomic mass is 16.2. The number of aromatic nitrogens is 1. The number of hydrogen-bond acceptors (Lipinski definition) is 4. The largest absolute Gasteiger partial charge is 0.347 e. The molecule has 3 N–H and O–H groups in total. The van der Waals surface area contributed by atoms with Crippen LogP contribution in [-0.2, 0) is 16.0 Å². The van der Waals surface area contributed by atoms with Gasteiger partial charge in [0.1, 0.15) is 6.04 Å². The molecule has 1 aromatic heterocycles. The second kappa shape index (κ2) is 7.90. The summed E-state index contributed by atoms with van der Waals surface area (Å²) in [6.07, 6.45) is 3.00. The van der Waals surface area contributed by atoms with Crippen LogP contribution in [0.15, 0.2) is 54.7 Å². The molecule has 6 nitrogen and oxygen atoms in total. The van der Waals surface area contributed by atoms with Gasteiger partial charge in [-0.2, -0.15) is 0 Å². The number of nitrogens with zero attached hydrogens (tertiary/aromatic N) is 2. The van der Waals surface area contributed by atoms with Gasteiger partial charge in [0, 0.05) is 24.9 Å². The summed E-state index contributed by atoms with van der Waals surface area (Å²) < 4.78 is 0. The molecule has 1 aliphatic heterocycles. The van der Waals surface area contributed by atoms with E-state index in [1.54, 1.807) is 6.20 Å². The molecule has 2 amide bonds. The van der Waals surface area contributed by atoms with Crippen molar-refractivity contribution >= 4 is 11.8 Å². The number of likely N-dealkylation sites (tertiary alicyclic amines) is 1. The van der Waals surface area contributed by atoms with Gasteiger partial charge in [-0.05, 0) is 24.1 Å². The van der Waals surface area contributed by atoms with Gasteiger partial charge in [0.25, 0.3) is 0 Å². The molecule has 0 radical (unpaired) electrons. The van der Waals surface area contributed by atoms with Crippen LogP contribution in [0.1, 0.15) is 23.7 Å². The Balaban J connectivity index is 1.74. The van der Waals surface area contributed by atoms with Gasteiger partial charge < -0.3 is 16.0 Å². The zero-order chi connectivity index (χ0) is 17.6. The number of carbonyl (C=O) groups excluding carboxylic acids is 2. The molecule has 1 unspecified atom stereocenters. The lowest BCUT2D eigenvalue weighted by atomic mass is 9.98. The topological polar surface area (TPSA) is 88.3 Å². The van der Waals surface area contributed by atoms with Crippen molar-refractivity contribution in [3.05, 3.63) is 66.0 Å². The van der Waals surface area contributed by atoms with E-state index in [1.165, 1.54) is 4.90 Å². The van der Waals surface area contributed by atoms with E-state index in [9.17, 15) is 9.59 Å². The van der Waals surface area contributed by atoms with Crippen LogP contribution in [0.3, 0.4) is 0 Å². The summed E-state index contributed by atoms with van der Waals surface area (Å²) >= 11 is 0. The predicted octanol–water partition coefficient (Wildman–Crippen LogP) is 1.04. The summed E-state index contributed by atoms with van der Waals surface area (Å²) in [7, 11) is 0. The van der Waals surface area contributed by atoms with E-state index in [2.05, 4.69) is 10.3 Å². The van der Waals surface area contributed by atoms with Crippen molar-refractivity contribution in [3.63, 3.8) is 0 Å². The van der Waals surface area contributed by atoms with Gasteiger partial charge in [-0.25, -0.2) is 0 Å². The van der Waals surface area contributed by atoms with Crippen LogP contribution < -0.4 is 11.1 Å². The number of pyridine rings is 1. The average molecular weight is 338 g/mol. The first-order chi connectivity index (χ1) is 12.2. The van der Waals surface area contributed by atoms with Gasteiger partial charge in [-0.3, -0.25) is 14.6 Å². The molecule has 130 valence electrons. The van der Waals surface area contributed by atoms with E-state index in [-0.39, 0.29) is 24.4 Å². The second-order valence-electron chi connectivity index (χ2n) is 6.09. The number of rotatable bonds is 6. The van der Waals surface area contributed by atoms with Gasteiger partial charge in [0.2, 0.25) is 11.8 Å². The summed E-state index contributed by atoms with van der Waals surface area (Å²) in [5.41, 5.74) is 7.32. The van der Waals surface area contributed by atoms with Crippen LogP contribution in [-0.4, -0.2) is 40.8 Å². The Morgan fingerprint density at radius 1 is 1.20 bits per heavy atom. The number of nitrogens with two attached hydrogens (primary N) is 1. The lowest BCUT2D eigenvalue weighted by Gasteiger charge is -2.40. The fourth-order valence-electron chi connectivity index (χ4n) is 3.01. The molecule has 2 heterocycles. The van der Waals surface area contributed by atoms with Crippen LogP contribution in [0.2, 0.25) is 0 Å². The number of carbonyl (C=O) groups is 2. The molecule has 1 aliphatic rings. The molecule has 25 heavy (non-hydrogen) atoms. The minimum Gasteiger partial charge on any atom is -0.347 e. The average Bonchev–Trinajstić information content (AvgIpc) is 2.61. The monoisotopic (exact) mass is 338 g/mol. The molecule has 1 fully saturated rings. The third-order valence-corrected chi connectivity index (χ3v) is 4.48. The molecule has 1 saturated heterocycles. The smallest absolute Gasteiger partial charge is 0.243 e. The third kappa shape index (κ3) is 4.03. The lowest BCUT2D eigenvalue weighted by Crippen LogP contribution is -2.59. The predicted molar refractivity (Wildman–Crippen MR) is 94.4 cm³/mol. The summed E-state index contributed by atoms with van der Waals surface area (Å²) in [6.45, 7) is 0.518. The Labute approximate surface area is 147 Å². The number of amides is 2.